The first-order valence-electron chi connectivity index (χ1n) is 8.88. The van der Waals surface area contributed by atoms with Gasteiger partial charge in [0.2, 0.25) is 11.8 Å². The molecule has 0 bridgehead atoms. The molecule has 5 nitrogen and oxygen atoms in total. The van der Waals surface area contributed by atoms with Gasteiger partial charge in [0.15, 0.2) is 0 Å². The zero-order chi connectivity index (χ0) is 18.9. The Hall–Kier alpha value is -2.82. The minimum Gasteiger partial charge on any atom is -0.376 e. The van der Waals surface area contributed by atoms with Crippen LogP contribution in [0.2, 0.25) is 0 Å². The van der Waals surface area contributed by atoms with Crippen LogP contribution in [0.4, 0.5) is 17.1 Å². The molecule has 1 aliphatic rings. The van der Waals surface area contributed by atoms with E-state index < -0.39 is 5.54 Å². The highest BCUT2D eigenvalue weighted by atomic mass is 16.2. The molecule has 0 spiro atoms. The molecule has 3 rings (SSSR count). The van der Waals surface area contributed by atoms with E-state index in [9.17, 15) is 9.59 Å². The van der Waals surface area contributed by atoms with E-state index in [4.69, 9.17) is 0 Å². The highest BCUT2D eigenvalue weighted by Crippen LogP contribution is 2.36. The number of hydrogen-bond acceptors (Lipinski definition) is 3. The molecule has 26 heavy (non-hydrogen) atoms. The maximum atomic E-state index is 13.0. The number of para-hydroxylation sites is 2. The molecule has 0 aromatic heterocycles. The van der Waals surface area contributed by atoms with Gasteiger partial charge < -0.3 is 10.6 Å². The lowest BCUT2D eigenvalue weighted by molar-refractivity contribution is -0.125. The number of anilines is 3. The molecule has 0 aliphatic carbocycles. The van der Waals surface area contributed by atoms with E-state index in [1.807, 2.05) is 30.3 Å². The summed E-state index contributed by atoms with van der Waals surface area (Å²) in [7, 11) is 0. The number of hydrogen-bond donors (Lipinski definition) is 2. The average molecular weight is 351 g/mol. The smallest absolute Gasteiger partial charge is 0.250 e. The highest BCUT2D eigenvalue weighted by molar-refractivity contribution is 6.14. The molecule has 0 atom stereocenters. The van der Waals surface area contributed by atoms with Crippen LogP contribution in [-0.4, -0.2) is 23.9 Å². The largest absolute Gasteiger partial charge is 0.376 e. The maximum absolute atomic E-state index is 13.0. The maximum Gasteiger partial charge on any atom is 0.250 e. The van der Waals surface area contributed by atoms with Crippen molar-refractivity contribution in [2.75, 3.05) is 22.1 Å². The van der Waals surface area contributed by atoms with Crippen LogP contribution in [0, 0.1) is 0 Å². The summed E-state index contributed by atoms with van der Waals surface area (Å²) in [6.07, 6.45) is 0. The third-order valence-electron chi connectivity index (χ3n) is 4.78. The minimum atomic E-state index is -0.950. The normalized spacial score (nSPS) is 15.4. The van der Waals surface area contributed by atoms with E-state index in [0.717, 1.165) is 11.4 Å². The monoisotopic (exact) mass is 351 g/mol. The zero-order valence-corrected chi connectivity index (χ0v) is 15.7. The summed E-state index contributed by atoms with van der Waals surface area (Å²) in [5.74, 6) is 0.130. The Morgan fingerprint density at radius 3 is 2.42 bits per heavy atom. The number of benzene rings is 2. The Balaban J connectivity index is 1.79. The summed E-state index contributed by atoms with van der Waals surface area (Å²) in [6.45, 7) is 7.92. The van der Waals surface area contributed by atoms with Crippen LogP contribution < -0.4 is 15.5 Å². The van der Waals surface area contributed by atoms with Crippen molar-refractivity contribution in [3.8, 4) is 0 Å². The lowest BCUT2D eigenvalue weighted by Gasteiger charge is -2.42. The van der Waals surface area contributed by atoms with Crippen molar-refractivity contribution in [1.82, 2.24) is 0 Å². The van der Waals surface area contributed by atoms with Gasteiger partial charge in [-0.15, -0.1) is 0 Å². The zero-order valence-electron chi connectivity index (χ0n) is 15.7. The number of carbonyl (C=O) groups is 2. The molecule has 2 aromatic carbocycles. The molecule has 0 fully saturated rings. The van der Waals surface area contributed by atoms with Gasteiger partial charge in [-0.1, -0.05) is 38.1 Å². The molecule has 0 saturated carbocycles. The fourth-order valence-electron chi connectivity index (χ4n) is 3.14. The number of rotatable bonds is 4. The molecular formula is C21H25N3O2. The molecule has 0 saturated heterocycles. The SMILES string of the molecule is CC(C)c1ccc(NCC(=O)N2c3ccccc3NC(=O)C2(C)C)cc1. The van der Waals surface area contributed by atoms with Crippen LogP contribution in [0.1, 0.15) is 39.2 Å². The van der Waals surface area contributed by atoms with Crippen LogP contribution in [0.3, 0.4) is 0 Å². The number of nitrogens with one attached hydrogen (secondary N) is 2. The Bertz CT molecular complexity index is 825. The number of carbonyl (C=O) groups excluding carboxylic acids is 2. The summed E-state index contributed by atoms with van der Waals surface area (Å²) >= 11 is 0. The molecular weight excluding hydrogens is 326 g/mol. The first kappa shape index (κ1) is 18.0. The van der Waals surface area contributed by atoms with E-state index in [1.165, 1.54) is 5.56 Å². The summed E-state index contributed by atoms with van der Waals surface area (Å²) in [5, 5.41) is 6.04. The molecule has 5 heteroatoms. The van der Waals surface area contributed by atoms with Crippen molar-refractivity contribution in [1.29, 1.82) is 0 Å². The van der Waals surface area contributed by atoms with Crippen molar-refractivity contribution in [3.63, 3.8) is 0 Å². The van der Waals surface area contributed by atoms with Crippen LogP contribution in [0.25, 0.3) is 0 Å². The highest BCUT2D eigenvalue weighted by Gasteiger charge is 2.43. The van der Waals surface area contributed by atoms with Gasteiger partial charge in [-0.3, -0.25) is 14.5 Å². The fourth-order valence-corrected chi connectivity index (χ4v) is 3.14. The Kier molecular flexibility index (Phi) is 4.72. The first-order chi connectivity index (χ1) is 12.3. The van der Waals surface area contributed by atoms with E-state index >= 15 is 0 Å². The Morgan fingerprint density at radius 2 is 1.77 bits per heavy atom. The average Bonchev–Trinajstić information content (AvgIpc) is 2.61. The molecule has 2 N–H and O–H groups in total. The van der Waals surface area contributed by atoms with Crippen LogP contribution in [-0.2, 0) is 9.59 Å². The molecule has 1 aliphatic heterocycles. The Morgan fingerprint density at radius 1 is 1.12 bits per heavy atom. The van der Waals surface area contributed by atoms with Gasteiger partial charge >= 0.3 is 0 Å². The molecule has 136 valence electrons. The van der Waals surface area contributed by atoms with Crippen molar-refractivity contribution in [2.24, 2.45) is 0 Å². The standard InChI is InChI=1S/C21H25N3O2/c1-14(2)15-9-11-16(12-10-15)22-13-19(25)24-18-8-6-5-7-17(18)23-20(26)21(24,3)4/h5-12,14,22H,13H2,1-4H3,(H,23,26). The van der Waals surface area contributed by atoms with Gasteiger partial charge in [0.1, 0.15) is 5.54 Å². The van der Waals surface area contributed by atoms with Gasteiger partial charge in [-0.25, -0.2) is 0 Å². The second-order valence-corrected chi connectivity index (χ2v) is 7.39. The summed E-state index contributed by atoms with van der Waals surface area (Å²) < 4.78 is 0. The van der Waals surface area contributed by atoms with Crippen molar-refractivity contribution in [2.45, 2.75) is 39.2 Å². The van der Waals surface area contributed by atoms with Gasteiger partial charge in [-0.05, 0) is 49.6 Å². The molecule has 2 amide bonds. The van der Waals surface area contributed by atoms with Gasteiger partial charge in [0, 0.05) is 5.69 Å². The van der Waals surface area contributed by atoms with Gasteiger partial charge in [0.05, 0.1) is 17.9 Å². The van der Waals surface area contributed by atoms with Crippen molar-refractivity contribution in [3.05, 3.63) is 54.1 Å². The summed E-state index contributed by atoms with van der Waals surface area (Å²) in [5.41, 5.74) is 2.57. The molecule has 0 unspecified atom stereocenters. The topological polar surface area (TPSA) is 61.4 Å². The van der Waals surface area contributed by atoms with E-state index in [1.54, 1.807) is 24.8 Å². The van der Waals surface area contributed by atoms with Crippen molar-refractivity contribution >= 4 is 28.9 Å². The first-order valence-corrected chi connectivity index (χ1v) is 8.88. The third kappa shape index (κ3) is 3.29. The molecule has 1 heterocycles. The lowest BCUT2D eigenvalue weighted by Crippen LogP contribution is -2.59. The second kappa shape index (κ2) is 6.83. The minimum absolute atomic E-state index is 0.117. The second-order valence-electron chi connectivity index (χ2n) is 7.39. The predicted octanol–water partition coefficient (Wildman–Crippen LogP) is 3.99. The van der Waals surface area contributed by atoms with E-state index in [2.05, 4.69) is 36.6 Å². The fraction of sp³-hybridized carbons (Fsp3) is 0.333. The summed E-state index contributed by atoms with van der Waals surface area (Å²) in [4.78, 5) is 27.0. The number of fused-ring (bicyclic) bond motifs is 1. The number of amides is 2. The lowest BCUT2D eigenvalue weighted by atomic mass is 9.96. The Labute approximate surface area is 154 Å². The van der Waals surface area contributed by atoms with Crippen LogP contribution >= 0.6 is 0 Å². The molecule has 2 aromatic rings. The van der Waals surface area contributed by atoms with Crippen LogP contribution in [0.5, 0.6) is 0 Å². The van der Waals surface area contributed by atoms with E-state index in [-0.39, 0.29) is 18.4 Å². The van der Waals surface area contributed by atoms with Gasteiger partial charge in [0.25, 0.3) is 0 Å². The molecule has 0 radical (unpaired) electrons. The summed E-state index contributed by atoms with van der Waals surface area (Å²) in [6, 6.07) is 15.4. The van der Waals surface area contributed by atoms with Gasteiger partial charge in [-0.2, -0.15) is 0 Å². The number of nitrogens with zero attached hydrogens (tertiary/aromatic N) is 1. The predicted molar refractivity (Wildman–Crippen MR) is 106 cm³/mol. The van der Waals surface area contributed by atoms with Crippen molar-refractivity contribution < 1.29 is 9.59 Å². The third-order valence-corrected chi connectivity index (χ3v) is 4.78. The van der Waals surface area contributed by atoms with E-state index in [0.29, 0.717) is 11.6 Å². The van der Waals surface area contributed by atoms with Crippen LogP contribution in [0.15, 0.2) is 48.5 Å². The quantitative estimate of drug-likeness (QED) is 0.876.